The molecule has 0 aromatic heterocycles. The minimum Gasteiger partial charge on any atom is -0.453 e. The number of halogens is 6. The first-order valence-corrected chi connectivity index (χ1v) is 8.80. The lowest BCUT2D eigenvalue weighted by atomic mass is 10.3. The van der Waals surface area contributed by atoms with Crippen LogP contribution in [0.2, 0.25) is 10.0 Å². The fourth-order valence-corrected chi connectivity index (χ4v) is 3.95. The number of hydrogen-bond donors (Lipinski definition) is 0. The molecule has 0 atom stereocenters. The fraction of sp³-hybridized carbons (Fsp3) is 0. The van der Waals surface area contributed by atoms with E-state index in [2.05, 4.69) is 63.7 Å². The second kappa shape index (κ2) is 6.67. The first-order chi connectivity index (χ1) is 8.93. The predicted molar refractivity (Wildman–Crippen MR) is 93.8 cm³/mol. The molecular weight excluding hydrogens is 551 g/mol. The molecule has 0 saturated heterocycles. The van der Waals surface area contributed by atoms with Crippen molar-refractivity contribution < 1.29 is 4.74 Å². The van der Waals surface area contributed by atoms with Crippen LogP contribution >= 0.6 is 86.9 Å². The molecule has 0 aliphatic rings. The van der Waals surface area contributed by atoms with Gasteiger partial charge in [-0.05, 0) is 75.9 Å². The summed E-state index contributed by atoms with van der Waals surface area (Å²) < 4.78 is 8.75. The standard InChI is InChI=1S/C12H4Br4Cl2O/c13-5-3-1-2-4-6(5)19-12-9(16)7(14)8(15)10(17)11(12)18/h1-4H. The Balaban J connectivity index is 2.56. The Hall–Kier alpha value is 0.740. The van der Waals surface area contributed by atoms with Crippen molar-refractivity contribution in [1.82, 2.24) is 0 Å². The highest BCUT2D eigenvalue weighted by atomic mass is 79.9. The van der Waals surface area contributed by atoms with Gasteiger partial charge in [0.25, 0.3) is 0 Å². The van der Waals surface area contributed by atoms with Crippen molar-refractivity contribution in [2.45, 2.75) is 0 Å². The third-order valence-corrected chi connectivity index (χ3v) is 7.34. The van der Waals surface area contributed by atoms with Crippen LogP contribution < -0.4 is 4.74 Å². The maximum absolute atomic E-state index is 6.22. The monoisotopic (exact) mass is 550 g/mol. The summed E-state index contributed by atoms with van der Waals surface area (Å²) in [5.41, 5.74) is 0. The zero-order valence-electron chi connectivity index (χ0n) is 8.99. The maximum atomic E-state index is 6.22. The number of para-hydroxylation sites is 1. The second-order valence-corrected chi connectivity index (χ2v) is 7.42. The molecule has 0 N–H and O–H groups in total. The van der Waals surface area contributed by atoms with E-state index >= 15 is 0 Å². The summed E-state index contributed by atoms with van der Waals surface area (Å²) >= 11 is 26.0. The van der Waals surface area contributed by atoms with Gasteiger partial charge in [0.1, 0.15) is 10.8 Å². The van der Waals surface area contributed by atoms with Crippen LogP contribution in [0, 0.1) is 0 Å². The molecule has 0 amide bonds. The Kier molecular flexibility index (Phi) is 5.66. The molecule has 0 aliphatic carbocycles. The lowest BCUT2D eigenvalue weighted by Gasteiger charge is -2.14. The van der Waals surface area contributed by atoms with Crippen LogP contribution in [0.3, 0.4) is 0 Å². The van der Waals surface area contributed by atoms with Gasteiger partial charge in [-0.2, -0.15) is 0 Å². The molecule has 0 fully saturated rings. The lowest BCUT2D eigenvalue weighted by Crippen LogP contribution is -1.91. The smallest absolute Gasteiger partial charge is 0.162 e. The number of hydrogen-bond acceptors (Lipinski definition) is 1. The third kappa shape index (κ3) is 3.33. The number of benzene rings is 2. The van der Waals surface area contributed by atoms with Crippen LogP contribution in [-0.4, -0.2) is 0 Å². The summed E-state index contributed by atoms with van der Waals surface area (Å²) in [6.07, 6.45) is 0. The van der Waals surface area contributed by atoms with Gasteiger partial charge in [-0.15, -0.1) is 0 Å². The minimum atomic E-state index is 0.333. The molecule has 0 bridgehead atoms. The molecule has 0 saturated carbocycles. The van der Waals surface area contributed by atoms with E-state index in [1.54, 1.807) is 0 Å². The Morgan fingerprint density at radius 2 is 1.42 bits per heavy atom. The van der Waals surface area contributed by atoms with Gasteiger partial charge >= 0.3 is 0 Å². The maximum Gasteiger partial charge on any atom is 0.162 e. The molecule has 0 aliphatic heterocycles. The number of ether oxygens (including phenoxy) is 1. The summed E-state index contributed by atoms with van der Waals surface area (Å²) in [5, 5.41) is 0.721. The Morgan fingerprint density at radius 3 is 2.05 bits per heavy atom. The molecule has 2 aromatic rings. The molecule has 0 spiro atoms. The van der Waals surface area contributed by atoms with Gasteiger partial charge < -0.3 is 4.74 Å². The zero-order valence-corrected chi connectivity index (χ0v) is 16.8. The van der Waals surface area contributed by atoms with Gasteiger partial charge in [0, 0.05) is 0 Å². The van der Waals surface area contributed by atoms with Crippen molar-refractivity contribution in [3.63, 3.8) is 0 Å². The van der Waals surface area contributed by atoms with E-state index in [1.807, 2.05) is 24.3 Å². The predicted octanol–water partition coefficient (Wildman–Crippen LogP) is 7.84. The fourth-order valence-electron chi connectivity index (χ4n) is 1.31. The van der Waals surface area contributed by atoms with Crippen LogP contribution in [-0.2, 0) is 0 Å². The molecule has 0 unspecified atom stereocenters. The highest BCUT2D eigenvalue weighted by Crippen LogP contribution is 2.50. The summed E-state index contributed by atoms with van der Waals surface area (Å²) in [5.74, 6) is 1.10. The van der Waals surface area contributed by atoms with Crippen LogP contribution in [0.1, 0.15) is 0 Å². The van der Waals surface area contributed by atoms with Crippen molar-refractivity contribution in [3.8, 4) is 11.5 Å². The Bertz CT molecular complexity index is 617. The van der Waals surface area contributed by atoms with E-state index in [4.69, 9.17) is 27.9 Å². The van der Waals surface area contributed by atoms with Crippen molar-refractivity contribution >= 4 is 86.9 Å². The summed E-state index contributed by atoms with van der Waals surface area (Å²) in [4.78, 5) is 0. The van der Waals surface area contributed by atoms with Gasteiger partial charge in [0.2, 0.25) is 0 Å². The zero-order chi connectivity index (χ0) is 14.2. The minimum absolute atomic E-state index is 0.333. The van der Waals surface area contributed by atoms with Gasteiger partial charge in [0.05, 0.1) is 22.9 Å². The average Bonchev–Trinajstić information content (AvgIpc) is 2.41. The molecule has 0 radical (unpaired) electrons. The van der Waals surface area contributed by atoms with Gasteiger partial charge in [-0.3, -0.25) is 0 Å². The van der Waals surface area contributed by atoms with E-state index < -0.39 is 0 Å². The molecule has 19 heavy (non-hydrogen) atoms. The third-order valence-electron chi connectivity index (χ3n) is 2.22. The van der Waals surface area contributed by atoms with Crippen molar-refractivity contribution in [3.05, 3.63) is 52.2 Å². The first-order valence-electron chi connectivity index (χ1n) is 4.87. The SMILES string of the molecule is Clc1c(Cl)c(Oc2ccccc2Br)c(Br)c(Br)c1Br. The normalized spacial score (nSPS) is 10.6. The van der Waals surface area contributed by atoms with E-state index in [-0.39, 0.29) is 0 Å². The van der Waals surface area contributed by atoms with E-state index in [0.717, 1.165) is 8.95 Å². The molecule has 7 heteroatoms. The highest BCUT2D eigenvalue weighted by Gasteiger charge is 2.20. The topological polar surface area (TPSA) is 9.23 Å². The molecule has 2 aromatic carbocycles. The van der Waals surface area contributed by atoms with Crippen molar-refractivity contribution in [1.29, 1.82) is 0 Å². The first kappa shape index (κ1) is 16.1. The molecule has 0 heterocycles. The van der Waals surface area contributed by atoms with Crippen LogP contribution in [0.15, 0.2) is 42.2 Å². The summed E-state index contributed by atoms with van der Waals surface area (Å²) in [6, 6.07) is 7.48. The summed E-state index contributed by atoms with van der Waals surface area (Å²) in [7, 11) is 0. The quantitative estimate of drug-likeness (QED) is 0.272. The van der Waals surface area contributed by atoms with E-state index in [9.17, 15) is 0 Å². The van der Waals surface area contributed by atoms with Crippen LogP contribution in [0.5, 0.6) is 11.5 Å². The average molecular weight is 555 g/mol. The summed E-state index contributed by atoms with van der Waals surface area (Å²) in [6.45, 7) is 0. The van der Waals surface area contributed by atoms with Gasteiger partial charge in [-0.1, -0.05) is 35.3 Å². The van der Waals surface area contributed by atoms with Gasteiger partial charge in [0.15, 0.2) is 5.75 Å². The Labute approximate surface area is 154 Å². The largest absolute Gasteiger partial charge is 0.453 e. The Morgan fingerprint density at radius 1 is 0.789 bits per heavy atom. The van der Waals surface area contributed by atoms with Crippen molar-refractivity contribution in [2.75, 3.05) is 0 Å². The molecule has 100 valence electrons. The molecular formula is C12H4Br4Cl2O. The highest BCUT2D eigenvalue weighted by molar-refractivity contribution is 9.14. The van der Waals surface area contributed by atoms with Gasteiger partial charge in [-0.25, -0.2) is 0 Å². The van der Waals surface area contributed by atoms with E-state index in [0.29, 0.717) is 30.5 Å². The second-order valence-electron chi connectivity index (χ2n) is 3.43. The van der Waals surface area contributed by atoms with Crippen LogP contribution in [0.25, 0.3) is 0 Å². The van der Waals surface area contributed by atoms with E-state index in [1.165, 1.54) is 0 Å². The molecule has 2 rings (SSSR count). The number of rotatable bonds is 2. The lowest BCUT2D eigenvalue weighted by molar-refractivity contribution is 0.476. The molecule has 1 nitrogen and oxygen atoms in total. The van der Waals surface area contributed by atoms with Crippen molar-refractivity contribution in [2.24, 2.45) is 0 Å². The van der Waals surface area contributed by atoms with Crippen LogP contribution in [0.4, 0.5) is 0 Å².